The first-order valence-corrected chi connectivity index (χ1v) is 8.48. The number of aryl methyl sites for hydroxylation is 2. The summed E-state index contributed by atoms with van der Waals surface area (Å²) in [7, 11) is 0. The van der Waals surface area contributed by atoms with Crippen LogP contribution in [0.3, 0.4) is 0 Å². The van der Waals surface area contributed by atoms with E-state index in [9.17, 15) is 0 Å². The summed E-state index contributed by atoms with van der Waals surface area (Å²) in [6, 6.07) is 7.58. The Morgan fingerprint density at radius 1 is 1.24 bits per heavy atom. The van der Waals surface area contributed by atoms with Gasteiger partial charge < -0.3 is 5.01 Å². The molecule has 4 heteroatoms. The van der Waals surface area contributed by atoms with Gasteiger partial charge in [-0.15, -0.1) is 11.6 Å². The van der Waals surface area contributed by atoms with Crippen LogP contribution in [0.25, 0.3) is 11.0 Å². The van der Waals surface area contributed by atoms with Crippen LogP contribution >= 0.6 is 11.6 Å². The van der Waals surface area contributed by atoms with Gasteiger partial charge in [0.1, 0.15) is 5.82 Å². The number of aromatic nitrogens is 2. The maximum atomic E-state index is 6.01. The van der Waals surface area contributed by atoms with Crippen LogP contribution in [0.15, 0.2) is 18.2 Å². The van der Waals surface area contributed by atoms with Crippen LogP contribution in [-0.2, 0) is 6.42 Å². The number of piperidine rings is 1. The van der Waals surface area contributed by atoms with Gasteiger partial charge in [0.15, 0.2) is 0 Å². The number of halogens is 1. The zero-order valence-corrected chi connectivity index (χ0v) is 13.9. The van der Waals surface area contributed by atoms with E-state index in [1.54, 1.807) is 0 Å². The van der Waals surface area contributed by atoms with E-state index in [1.165, 1.54) is 30.3 Å². The number of alkyl halides is 1. The van der Waals surface area contributed by atoms with E-state index in [0.29, 0.717) is 18.0 Å². The molecule has 0 saturated carbocycles. The van der Waals surface area contributed by atoms with E-state index in [4.69, 9.17) is 16.6 Å². The average Bonchev–Trinajstić information content (AvgIpc) is 2.77. The van der Waals surface area contributed by atoms with Crippen molar-refractivity contribution in [1.82, 2.24) is 9.66 Å². The van der Waals surface area contributed by atoms with Crippen LogP contribution in [0.1, 0.15) is 44.5 Å². The van der Waals surface area contributed by atoms with Gasteiger partial charge in [0.2, 0.25) is 0 Å². The Hall–Kier alpha value is -1.22. The molecule has 1 saturated heterocycles. The molecule has 2 aromatic rings. The number of hydrogen-bond acceptors (Lipinski definition) is 2. The fourth-order valence-electron chi connectivity index (χ4n) is 3.53. The highest BCUT2D eigenvalue weighted by atomic mass is 35.5. The van der Waals surface area contributed by atoms with Crippen molar-refractivity contribution < 1.29 is 0 Å². The molecule has 21 heavy (non-hydrogen) atoms. The molecule has 0 bridgehead atoms. The summed E-state index contributed by atoms with van der Waals surface area (Å²) in [5, 5.41) is 2.51. The summed E-state index contributed by atoms with van der Waals surface area (Å²) >= 11 is 6.01. The van der Waals surface area contributed by atoms with Crippen molar-refractivity contribution in [3.63, 3.8) is 0 Å². The zero-order valence-electron chi connectivity index (χ0n) is 13.1. The predicted molar refractivity (Wildman–Crippen MR) is 89.9 cm³/mol. The van der Waals surface area contributed by atoms with Crippen molar-refractivity contribution >= 4 is 22.6 Å². The number of hydrogen-bond donors (Lipinski definition) is 0. The molecule has 0 radical (unpaired) electrons. The third-order valence-corrected chi connectivity index (χ3v) is 4.74. The first kappa shape index (κ1) is 14.7. The maximum Gasteiger partial charge on any atom is 0.130 e. The third-order valence-electron chi connectivity index (χ3n) is 4.55. The van der Waals surface area contributed by atoms with Crippen LogP contribution in [0, 0.1) is 6.92 Å². The topological polar surface area (TPSA) is 21.1 Å². The fraction of sp³-hybridized carbons (Fsp3) is 0.588. The summed E-state index contributed by atoms with van der Waals surface area (Å²) in [6.07, 6.45) is 4.62. The van der Waals surface area contributed by atoms with Gasteiger partial charge in [-0.05, 0) is 57.7 Å². The zero-order chi connectivity index (χ0) is 15.0. The molecule has 114 valence electrons. The Balaban J connectivity index is 2.17. The number of imidazole rings is 1. The van der Waals surface area contributed by atoms with E-state index in [1.807, 2.05) is 0 Å². The number of nitrogens with zero attached hydrogens (tertiary/aromatic N) is 3. The Labute approximate surface area is 131 Å². The Bertz CT molecular complexity index is 624. The van der Waals surface area contributed by atoms with Crippen molar-refractivity contribution in [2.45, 2.75) is 58.5 Å². The fourth-order valence-corrected chi connectivity index (χ4v) is 3.70. The van der Waals surface area contributed by atoms with Gasteiger partial charge in [0.25, 0.3) is 0 Å². The molecule has 0 amide bonds. The molecule has 1 aliphatic heterocycles. The van der Waals surface area contributed by atoms with Gasteiger partial charge >= 0.3 is 0 Å². The third kappa shape index (κ3) is 2.64. The molecular formula is C17H24ClN3. The van der Waals surface area contributed by atoms with Crippen LogP contribution in [0.2, 0.25) is 0 Å². The maximum absolute atomic E-state index is 6.01. The van der Waals surface area contributed by atoms with Crippen molar-refractivity contribution in [1.29, 1.82) is 0 Å². The lowest BCUT2D eigenvalue weighted by Gasteiger charge is -2.42. The van der Waals surface area contributed by atoms with Crippen LogP contribution in [-0.4, -0.2) is 27.6 Å². The first-order chi connectivity index (χ1) is 10.1. The van der Waals surface area contributed by atoms with Gasteiger partial charge in [0.05, 0.1) is 11.0 Å². The highest BCUT2D eigenvalue weighted by Gasteiger charge is 2.28. The minimum Gasteiger partial charge on any atom is -0.306 e. The Morgan fingerprint density at radius 2 is 1.95 bits per heavy atom. The van der Waals surface area contributed by atoms with Gasteiger partial charge in [0, 0.05) is 24.4 Å². The standard InChI is InChI=1S/C17H24ClN3/c1-12-7-8-15-16(11-12)21(17(19-15)9-10-18)20-13(2)5-4-6-14(20)3/h7-8,11,13-14H,4-6,9-10H2,1-3H3. The quantitative estimate of drug-likeness (QED) is 0.799. The van der Waals surface area contributed by atoms with Crippen molar-refractivity contribution in [2.75, 3.05) is 10.9 Å². The number of benzene rings is 1. The molecule has 3 rings (SSSR count). The van der Waals surface area contributed by atoms with E-state index in [0.717, 1.165) is 17.8 Å². The summed E-state index contributed by atoms with van der Waals surface area (Å²) < 4.78 is 2.35. The number of rotatable bonds is 3. The van der Waals surface area contributed by atoms with Crippen LogP contribution in [0.4, 0.5) is 0 Å². The molecule has 1 aromatic carbocycles. The van der Waals surface area contributed by atoms with E-state index >= 15 is 0 Å². The smallest absolute Gasteiger partial charge is 0.130 e. The lowest BCUT2D eigenvalue weighted by molar-refractivity contribution is 0.336. The molecular weight excluding hydrogens is 282 g/mol. The largest absolute Gasteiger partial charge is 0.306 e. The van der Waals surface area contributed by atoms with Gasteiger partial charge in [-0.3, -0.25) is 0 Å². The second kappa shape index (κ2) is 5.88. The van der Waals surface area contributed by atoms with Crippen LogP contribution in [0.5, 0.6) is 0 Å². The monoisotopic (exact) mass is 305 g/mol. The SMILES string of the molecule is Cc1ccc2nc(CCCl)n(N3C(C)CCCC3C)c2c1. The van der Waals surface area contributed by atoms with Crippen molar-refractivity contribution in [2.24, 2.45) is 0 Å². The average molecular weight is 306 g/mol. The van der Waals surface area contributed by atoms with E-state index < -0.39 is 0 Å². The summed E-state index contributed by atoms with van der Waals surface area (Å²) in [4.78, 5) is 4.82. The first-order valence-electron chi connectivity index (χ1n) is 7.94. The molecule has 1 aromatic heterocycles. The summed E-state index contributed by atoms with van der Waals surface area (Å²) in [6.45, 7) is 6.78. The Kier molecular flexibility index (Phi) is 4.12. The second-order valence-electron chi connectivity index (χ2n) is 6.28. The molecule has 2 heterocycles. The molecule has 2 unspecified atom stereocenters. The van der Waals surface area contributed by atoms with Gasteiger partial charge in [-0.25, -0.2) is 9.66 Å². The van der Waals surface area contributed by atoms with Crippen molar-refractivity contribution in [3.05, 3.63) is 29.6 Å². The minimum atomic E-state index is 0.542. The van der Waals surface area contributed by atoms with Crippen LogP contribution < -0.4 is 5.01 Å². The molecule has 0 spiro atoms. The molecule has 0 aliphatic carbocycles. The lowest BCUT2D eigenvalue weighted by atomic mass is 10.00. The Morgan fingerprint density at radius 3 is 2.62 bits per heavy atom. The highest BCUT2D eigenvalue weighted by Crippen LogP contribution is 2.27. The second-order valence-corrected chi connectivity index (χ2v) is 6.66. The molecule has 1 fully saturated rings. The van der Waals surface area contributed by atoms with E-state index in [2.05, 4.69) is 48.7 Å². The minimum absolute atomic E-state index is 0.542. The van der Waals surface area contributed by atoms with Gasteiger partial charge in [-0.1, -0.05) is 6.07 Å². The van der Waals surface area contributed by atoms with Crippen molar-refractivity contribution in [3.8, 4) is 0 Å². The summed E-state index contributed by atoms with van der Waals surface area (Å²) in [5.41, 5.74) is 3.57. The van der Waals surface area contributed by atoms with Gasteiger partial charge in [-0.2, -0.15) is 0 Å². The molecule has 0 N–H and O–H groups in total. The molecule has 2 atom stereocenters. The normalized spacial score (nSPS) is 23.0. The number of fused-ring (bicyclic) bond motifs is 1. The summed E-state index contributed by atoms with van der Waals surface area (Å²) in [5.74, 6) is 1.70. The lowest BCUT2D eigenvalue weighted by Crippen LogP contribution is -2.51. The molecule has 1 aliphatic rings. The molecule has 3 nitrogen and oxygen atoms in total. The predicted octanol–water partition coefficient (Wildman–Crippen LogP) is 4.02. The highest BCUT2D eigenvalue weighted by molar-refractivity contribution is 6.17. The van der Waals surface area contributed by atoms with E-state index in [-0.39, 0.29) is 0 Å².